The van der Waals surface area contributed by atoms with Gasteiger partial charge in [0.25, 0.3) is 5.91 Å². The van der Waals surface area contributed by atoms with Gasteiger partial charge < -0.3 is 4.57 Å². The van der Waals surface area contributed by atoms with Crippen molar-refractivity contribution in [2.24, 2.45) is 0 Å². The number of carbonyl (C=O) groups excluding carboxylic acids is 1. The number of halogens is 1. The third-order valence-corrected chi connectivity index (χ3v) is 3.81. The van der Waals surface area contributed by atoms with Crippen LogP contribution in [0, 0.1) is 0 Å². The molecular formula is C14H15BrN4O. The number of pyridine rings is 1. The van der Waals surface area contributed by atoms with Crippen LogP contribution in [0.4, 0.5) is 5.95 Å². The van der Waals surface area contributed by atoms with E-state index in [0.29, 0.717) is 17.4 Å². The molecule has 1 amide bonds. The van der Waals surface area contributed by atoms with Gasteiger partial charge in [0.05, 0.1) is 11.3 Å². The lowest BCUT2D eigenvalue weighted by Gasteiger charge is -2.10. The molecule has 2 aromatic rings. The molecule has 1 fully saturated rings. The van der Waals surface area contributed by atoms with Crippen molar-refractivity contribution in [3.8, 4) is 0 Å². The van der Waals surface area contributed by atoms with Crippen molar-refractivity contribution in [2.45, 2.75) is 32.2 Å². The molecule has 1 aliphatic carbocycles. The zero-order valence-corrected chi connectivity index (χ0v) is 12.7. The van der Waals surface area contributed by atoms with Crippen molar-refractivity contribution in [1.82, 2.24) is 14.5 Å². The number of aromatic nitrogens is 3. The average Bonchev–Trinajstić information content (AvgIpc) is 3.19. The fourth-order valence-corrected chi connectivity index (χ4v) is 2.50. The average molecular weight is 335 g/mol. The molecule has 0 bridgehead atoms. The number of hydrogen-bond donors (Lipinski definition) is 1. The predicted molar refractivity (Wildman–Crippen MR) is 79.8 cm³/mol. The third-order valence-electron chi connectivity index (χ3n) is 3.38. The molecule has 0 aliphatic heterocycles. The van der Waals surface area contributed by atoms with Crippen LogP contribution in [0.1, 0.15) is 41.7 Å². The Hall–Kier alpha value is -1.69. The molecule has 2 aromatic heterocycles. The minimum Gasteiger partial charge on any atom is -0.317 e. The van der Waals surface area contributed by atoms with Crippen molar-refractivity contribution in [3.63, 3.8) is 0 Å². The standard InChI is InChI=1S/C14H15BrN4O/c1-2-19-6-5-16-14(19)18-13(20)11-7-10(15)8-17-12(11)9-3-4-9/h5-9H,2-4H2,1H3,(H,16,18,20). The monoisotopic (exact) mass is 334 g/mol. The van der Waals surface area contributed by atoms with Crippen LogP contribution in [0.2, 0.25) is 0 Å². The second-order valence-electron chi connectivity index (χ2n) is 4.85. The van der Waals surface area contributed by atoms with Gasteiger partial charge >= 0.3 is 0 Å². The Bertz CT molecular complexity index is 648. The number of carbonyl (C=O) groups is 1. The highest BCUT2D eigenvalue weighted by Gasteiger charge is 2.30. The van der Waals surface area contributed by atoms with Crippen LogP contribution in [-0.2, 0) is 6.54 Å². The van der Waals surface area contributed by atoms with Gasteiger partial charge in [0, 0.05) is 35.5 Å². The summed E-state index contributed by atoms with van der Waals surface area (Å²) in [6.45, 7) is 2.77. The van der Waals surface area contributed by atoms with Gasteiger partial charge in [-0.1, -0.05) is 0 Å². The van der Waals surface area contributed by atoms with Crippen LogP contribution in [0.15, 0.2) is 29.1 Å². The van der Waals surface area contributed by atoms with Crippen LogP contribution in [0.3, 0.4) is 0 Å². The molecule has 20 heavy (non-hydrogen) atoms. The van der Waals surface area contributed by atoms with Crippen molar-refractivity contribution < 1.29 is 4.79 Å². The van der Waals surface area contributed by atoms with E-state index < -0.39 is 0 Å². The molecule has 3 rings (SSSR count). The van der Waals surface area contributed by atoms with E-state index in [2.05, 4.69) is 31.2 Å². The van der Waals surface area contributed by atoms with Gasteiger partial charge in [-0.3, -0.25) is 15.1 Å². The maximum atomic E-state index is 12.5. The van der Waals surface area contributed by atoms with Crippen LogP contribution >= 0.6 is 15.9 Å². The summed E-state index contributed by atoms with van der Waals surface area (Å²) in [4.78, 5) is 21.0. The lowest BCUT2D eigenvalue weighted by atomic mass is 10.1. The highest BCUT2D eigenvalue weighted by atomic mass is 79.9. The van der Waals surface area contributed by atoms with E-state index in [1.54, 1.807) is 12.4 Å². The van der Waals surface area contributed by atoms with E-state index >= 15 is 0 Å². The topological polar surface area (TPSA) is 59.8 Å². The van der Waals surface area contributed by atoms with Crippen molar-refractivity contribution >= 4 is 27.8 Å². The third kappa shape index (κ3) is 2.60. The molecule has 2 heterocycles. The summed E-state index contributed by atoms with van der Waals surface area (Å²) in [5, 5.41) is 2.86. The molecule has 6 heteroatoms. The number of rotatable bonds is 4. The van der Waals surface area contributed by atoms with Gasteiger partial charge in [0.1, 0.15) is 0 Å². The molecule has 0 saturated heterocycles. The number of anilines is 1. The molecule has 0 unspecified atom stereocenters. The minimum atomic E-state index is -0.151. The Kier molecular flexibility index (Phi) is 3.56. The summed E-state index contributed by atoms with van der Waals surface area (Å²) in [6, 6.07) is 1.83. The van der Waals surface area contributed by atoms with Crippen molar-refractivity contribution in [1.29, 1.82) is 0 Å². The first-order valence-corrected chi connectivity index (χ1v) is 7.46. The molecule has 0 atom stereocenters. The number of nitrogens with one attached hydrogen (secondary N) is 1. The van der Waals surface area contributed by atoms with Crippen LogP contribution < -0.4 is 5.32 Å². The maximum Gasteiger partial charge on any atom is 0.259 e. The van der Waals surface area contributed by atoms with Gasteiger partial charge in [-0.2, -0.15) is 0 Å². The van der Waals surface area contributed by atoms with Crippen molar-refractivity contribution in [2.75, 3.05) is 5.32 Å². The molecular weight excluding hydrogens is 320 g/mol. The fraction of sp³-hybridized carbons (Fsp3) is 0.357. The molecule has 0 spiro atoms. The quantitative estimate of drug-likeness (QED) is 0.933. The Labute approximate surface area is 125 Å². The SMILES string of the molecule is CCn1ccnc1NC(=O)c1cc(Br)cnc1C1CC1. The molecule has 5 nitrogen and oxygen atoms in total. The molecule has 0 radical (unpaired) electrons. The second kappa shape index (κ2) is 5.36. The first-order chi connectivity index (χ1) is 9.69. The van der Waals surface area contributed by atoms with Crippen molar-refractivity contribution in [3.05, 3.63) is 40.4 Å². The van der Waals surface area contributed by atoms with Crippen LogP contribution in [0.5, 0.6) is 0 Å². The van der Waals surface area contributed by atoms with Crippen LogP contribution in [0.25, 0.3) is 0 Å². The van der Waals surface area contributed by atoms with Gasteiger partial charge in [-0.05, 0) is 41.8 Å². The first-order valence-electron chi connectivity index (χ1n) is 6.67. The normalized spacial score (nSPS) is 14.3. The number of aryl methyl sites for hydroxylation is 1. The molecule has 1 N–H and O–H groups in total. The fourth-order valence-electron chi connectivity index (χ4n) is 2.17. The Morgan fingerprint density at radius 1 is 1.50 bits per heavy atom. The smallest absolute Gasteiger partial charge is 0.259 e. The number of imidazole rings is 1. The lowest BCUT2D eigenvalue weighted by molar-refractivity contribution is 0.102. The molecule has 1 aliphatic rings. The van der Waals surface area contributed by atoms with E-state index in [9.17, 15) is 4.79 Å². The minimum absolute atomic E-state index is 0.151. The maximum absolute atomic E-state index is 12.5. The summed E-state index contributed by atoms with van der Waals surface area (Å²) in [7, 11) is 0. The van der Waals surface area contributed by atoms with E-state index in [0.717, 1.165) is 29.6 Å². The Morgan fingerprint density at radius 2 is 2.30 bits per heavy atom. The second-order valence-corrected chi connectivity index (χ2v) is 5.77. The number of nitrogens with zero attached hydrogens (tertiary/aromatic N) is 3. The zero-order valence-electron chi connectivity index (χ0n) is 11.1. The molecule has 104 valence electrons. The van der Waals surface area contributed by atoms with E-state index in [1.165, 1.54) is 0 Å². The summed E-state index contributed by atoms with van der Waals surface area (Å²) in [5.74, 6) is 0.843. The highest BCUT2D eigenvalue weighted by molar-refractivity contribution is 9.10. The summed E-state index contributed by atoms with van der Waals surface area (Å²) >= 11 is 3.38. The first kappa shape index (κ1) is 13.3. The van der Waals surface area contributed by atoms with Gasteiger partial charge in [0.2, 0.25) is 5.95 Å². The van der Waals surface area contributed by atoms with Gasteiger partial charge in [-0.15, -0.1) is 0 Å². The Morgan fingerprint density at radius 3 is 3.00 bits per heavy atom. The zero-order chi connectivity index (χ0) is 14.1. The number of hydrogen-bond acceptors (Lipinski definition) is 3. The largest absolute Gasteiger partial charge is 0.317 e. The molecule has 0 aromatic carbocycles. The van der Waals surface area contributed by atoms with E-state index in [1.807, 2.05) is 23.8 Å². The lowest BCUT2D eigenvalue weighted by Crippen LogP contribution is -2.18. The highest BCUT2D eigenvalue weighted by Crippen LogP contribution is 2.41. The summed E-state index contributed by atoms with van der Waals surface area (Å²) in [5.41, 5.74) is 1.52. The van der Waals surface area contributed by atoms with Crippen LogP contribution in [-0.4, -0.2) is 20.4 Å². The summed E-state index contributed by atoms with van der Waals surface area (Å²) < 4.78 is 2.70. The number of amides is 1. The Balaban J connectivity index is 1.88. The van der Waals surface area contributed by atoms with Gasteiger partial charge in [0.15, 0.2) is 0 Å². The van der Waals surface area contributed by atoms with E-state index in [-0.39, 0.29) is 5.91 Å². The summed E-state index contributed by atoms with van der Waals surface area (Å²) in [6.07, 6.45) is 7.49. The molecule has 1 saturated carbocycles. The van der Waals surface area contributed by atoms with Gasteiger partial charge in [-0.25, -0.2) is 4.98 Å². The van der Waals surface area contributed by atoms with E-state index in [4.69, 9.17) is 0 Å². The predicted octanol–water partition coefficient (Wildman–Crippen LogP) is 3.19.